The van der Waals surface area contributed by atoms with E-state index in [0.29, 0.717) is 51.6 Å². The molecule has 2 heterocycles. The Labute approximate surface area is 211 Å². The molecular weight excluding hydrogens is 472 g/mol. The van der Waals surface area contributed by atoms with Gasteiger partial charge in [-0.25, -0.2) is 9.59 Å². The molecule has 0 unspecified atom stereocenters. The van der Waals surface area contributed by atoms with Gasteiger partial charge in [-0.05, 0) is 52.4 Å². The Morgan fingerprint density at radius 1 is 0.861 bits per heavy atom. The second-order valence-electron chi connectivity index (χ2n) is 9.89. The molecule has 0 spiro atoms. The molecule has 2 fully saturated rings. The average molecular weight is 511 g/mol. The minimum atomic E-state index is -1.46. The molecule has 0 radical (unpaired) electrons. The van der Waals surface area contributed by atoms with Crippen LogP contribution < -0.4 is 5.73 Å². The molecule has 12 heteroatoms. The zero-order valence-electron chi connectivity index (χ0n) is 21.6. The lowest BCUT2D eigenvalue weighted by atomic mass is 10.1. The van der Waals surface area contributed by atoms with Gasteiger partial charge in [0.15, 0.2) is 12.2 Å². The van der Waals surface area contributed by atoms with Gasteiger partial charge in [0.25, 0.3) is 11.8 Å². The molecule has 0 bridgehead atoms. The molecule has 12 nitrogen and oxygen atoms in total. The summed E-state index contributed by atoms with van der Waals surface area (Å²) in [5.41, 5.74) is 3.79. The number of primary amides is 1. The van der Waals surface area contributed by atoms with Crippen molar-refractivity contribution in [1.29, 1.82) is 0 Å². The molecule has 2 aliphatic rings. The Balaban J connectivity index is 1.78. The van der Waals surface area contributed by atoms with Crippen LogP contribution in [0.3, 0.4) is 0 Å². The fourth-order valence-electron chi connectivity index (χ4n) is 4.19. The number of esters is 2. The third-order valence-electron chi connectivity index (χ3n) is 6.51. The van der Waals surface area contributed by atoms with E-state index in [-0.39, 0.29) is 37.2 Å². The van der Waals surface area contributed by atoms with E-state index in [1.807, 2.05) is 0 Å². The first kappa shape index (κ1) is 29.1. The lowest BCUT2D eigenvalue weighted by molar-refractivity contribution is -0.169. The van der Waals surface area contributed by atoms with Crippen LogP contribution in [0, 0.1) is 0 Å². The Morgan fingerprint density at radius 3 is 1.78 bits per heavy atom. The topological polar surface area (TPSA) is 157 Å². The normalized spacial score (nSPS) is 19.7. The van der Waals surface area contributed by atoms with Gasteiger partial charge in [0.1, 0.15) is 12.1 Å². The Morgan fingerprint density at radius 2 is 1.33 bits per heavy atom. The monoisotopic (exact) mass is 510 g/mol. The highest BCUT2D eigenvalue weighted by molar-refractivity contribution is 5.89. The largest absolute Gasteiger partial charge is 0.454 e. The van der Waals surface area contributed by atoms with E-state index in [1.165, 1.54) is 28.5 Å². The number of unbranched alkanes of at least 4 members (excludes halogenated alkanes) is 1. The van der Waals surface area contributed by atoms with Crippen LogP contribution >= 0.6 is 0 Å². The molecule has 0 aromatic carbocycles. The fourth-order valence-corrected chi connectivity index (χ4v) is 4.19. The molecule has 0 aromatic rings. The minimum Gasteiger partial charge on any atom is -0.454 e. The SMILES string of the molecule is CN(C)C(=O)COC(=O)[C@H]1CCCN1C(=O)CCCCC(=O)N1CCC[C@@H]1C(=O)OC(C)(C)C(N)=O. The number of amides is 4. The van der Waals surface area contributed by atoms with Gasteiger partial charge in [-0.2, -0.15) is 0 Å². The summed E-state index contributed by atoms with van der Waals surface area (Å²) in [4.78, 5) is 77.6. The van der Waals surface area contributed by atoms with Crippen molar-refractivity contribution >= 4 is 35.6 Å². The quantitative estimate of drug-likeness (QED) is 0.300. The smallest absolute Gasteiger partial charge is 0.329 e. The molecule has 4 amide bonds. The van der Waals surface area contributed by atoms with E-state index in [0.717, 1.165) is 0 Å². The predicted octanol–water partition coefficient (Wildman–Crippen LogP) is -0.0327. The van der Waals surface area contributed by atoms with Crippen LogP contribution in [0.5, 0.6) is 0 Å². The van der Waals surface area contributed by atoms with Crippen LogP contribution in [-0.2, 0) is 38.2 Å². The summed E-state index contributed by atoms with van der Waals surface area (Å²) < 4.78 is 10.3. The van der Waals surface area contributed by atoms with Crippen LogP contribution in [0.15, 0.2) is 0 Å². The Kier molecular flexibility index (Phi) is 10.2. The molecule has 2 atom stereocenters. The van der Waals surface area contributed by atoms with Crippen molar-refractivity contribution in [2.45, 2.75) is 82.9 Å². The maximum Gasteiger partial charge on any atom is 0.329 e. The van der Waals surface area contributed by atoms with Gasteiger partial charge in [0, 0.05) is 40.0 Å². The predicted molar refractivity (Wildman–Crippen MR) is 127 cm³/mol. The van der Waals surface area contributed by atoms with E-state index in [4.69, 9.17) is 15.2 Å². The van der Waals surface area contributed by atoms with Crippen LogP contribution in [0.2, 0.25) is 0 Å². The van der Waals surface area contributed by atoms with E-state index in [1.54, 1.807) is 14.1 Å². The number of ether oxygens (including phenoxy) is 2. The van der Waals surface area contributed by atoms with E-state index >= 15 is 0 Å². The number of likely N-dealkylation sites (tertiary alicyclic amines) is 2. The molecule has 2 aliphatic heterocycles. The third kappa shape index (κ3) is 7.66. The van der Waals surface area contributed by atoms with E-state index in [2.05, 4.69) is 0 Å². The zero-order valence-corrected chi connectivity index (χ0v) is 21.6. The van der Waals surface area contributed by atoms with Gasteiger partial charge in [-0.3, -0.25) is 19.2 Å². The summed E-state index contributed by atoms with van der Waals surface area (Å²) in [6.45, 7) is 3.30. The van der Waals surface area contributed by atoms with Gasteiger partial charge in [-0.15, -0.1) is 0 Å². The number of likely N-dealkylation sites (N-methyl/N-ethyl adjacent to an activating group) is 1. The summed E-state index contributed by atoms with van der Waals surface area (Å²) in [6.07, 6.45) is 3.47. The van der Waals surface area contributed by atoms with Crippen molar-refractivity contribution in [2.75, 3.05) is 33.8 Å². The molecule has 2 saturated heterocycles. The summed E-state index contributed by atoms with van der Waals surface area (Å²) in [5, 5.41) is 0. The highest BCUT2D eigenvalue weighted by Crippen LogP contribution is 2.24. The van der Waals surface area contributed by atoms with Crippen molar-refractivity contribution < 1.29 is 38.2 Å². The molecule has 0 aliphatic carbocycles. The molecule has 36 heavy (non-hydrogen) atoms. The highest BCUT2D eigenvalue weighted by Gasteiger charge is 2.39. The summed E-state index contributed by atoms with van der Waals surface area (Å²) in [6, 6.07) is -1.45. The molecule has 0 aromatic heterocycles. The van der Waals surface area contributed by atoms with Crippen molar-refractivity contribution in [1.82, 2.24) is 14.7 Å². The van der Waals surface area contributed by atoms with Crippen LogP contribution in [0.1, 0.15) is 65.2 Å². The molecule has 202 valence electrons. The van der Waals surface area contributed by atoms with Crippen LogP contribution in [-0.4, -0.2) is 102 Å². The van der Waals surface area contributed by atoms with Gasteiger partial charge in [-0.1, -0.05) is 0 Å². The van der Waals surface area contributed by atoms with Crippen molar-refractivity contribution in [3.05, 3.63) is 0 Å². The van der Waals surface area contributed by atoms with Gasteiger partial charge in [0.05, 0.1) is 0 Å². The maximum absolute atomic E-state index is 12.7. The molecular formula is C24H38N4O8. The number of nitrogens with zero attached hydrogens (tertiary/aromatic N) is 3. The summed E-state index contributed by atoms with van der Waals surface area (Å²) in [7, 11) is 3.12. The lowest BCUT2D eigenvalue weighted by Gasteiger charge is -2.28. The van der Waals surface area contributed by atoms with Gasteiger partial charge >= 0.3 is 11.9 Å². The Bertz CT molecular complexity index is 872. The lowest BCUT2D eigenvalue weighted by Crippen LogP contribution is -2.48. The molecule has 2 N–H and O–H groups in total. The minimum absolute atomic E-state index is 0.161. The summed E-state index contributed by atoms with van der Waals surface area (Å²) >= 11 is 0. The molecule has 0 saturated carbocycles. The number of hydrogen-bond acceptors (Lipinski definition) is 8. The van der Waals surface area contributed by atoms with Gasteiger partial charge in [0.2, 0.25) is 11.8 Å². The molecule has 2 rings (SSSR count). The number of rotatable bonds is 11. The number of carbonyl (C=O) groups excluding carboxylic acids is 6. The van der Waals surface area contributed by atoms with E-state index in [9.17, 15) is 28.8 Å². The van der Waals surface area contributed by atoms with Crippen LogP contribution in [0.4, 0.5) is 0 Å². The van der Waals surface area contributed by atoms with Crippen molar-refractivity contribution in [3.63, 3.8) is 0 Å². The second-order valence-corrected chi connectivity index (χ2v) is 9.89. The third-order valence-corrected chi connectivity index (χ3v) is 6.51. The van der Waals surface area contributed by atoms with Crippen molar-refractivity contribution in [3.8, 4) is 0 Å². The summed E-state index contributed by atoms with van der Waals surface area (Å²) in [5.74, 6) is -2.76. The van der Waals surface area contributed by atoms with Gasteiger partial charge < -0.3 is 29.9 Å². The fraction of sp³-hybridized carbons (Fsp3) is 0.750. The number of nitrogens with two attached hydrogens (primary N) is 1. The first-order valence-corrected chi connectivity index (χ1v) is 12.3. The Hall–Kier alpha value is -3.18. The second kappa shape index (κ2) is 12.7. The van der Waals surface area contributed by atoms with Crippen LogP contribution in [0.25, 0.3) is 0 Å². The van der Waals surface area contributed by atoms with Crippen molar-refractivity contribution in [2.24, 2.45) is 5.73 Å². The first-order chi connectivity index (χ1) is 16.8. The maximum atomic E-state index is 12.7. The number of hydrogen-bond donors (Lipinski definition) is 1. The number of carbonyl (C=O) groups is 6. The standard InChI is InChI=1S/C24H38N4O8/c1-24(2,23(25)34)36-22(33)17-10-8-14-28(17)19(30)12-6-5-11-18(29)27-13-7-9-16(27)21(32)35-15-20(31)26(3)4/h16-17H,5-15H2,1-4H3,(H2,25,34)/t16-,17-/m1/s1. The zero-order chi connectivity index (χ0) is 27.0. The average Bonchev–Trinajstić information content (AvgIpc) is 3.49. The first-order valence-electron chi connectivity index (χ1n) is 12.3. The highest BCUT2D eigenvalue weighted by atomic mass is 16.6. The van der Waals surface area contributed by atoms with E-state index < -0.39 is 35.5 Å².